The van der Waals surface area contributed by atoms with Crippen molar-refractivity contribution in [2.24, 2.45) is 0 Å². The van der Waals surface area contributed by atoms with Crippen LogP contribution in [0.3, 0.4) is 0 Å². The van der Waals surface area contributed by atoms with Gasteiger partial charge >= 0.3 is 5.97 Å². The maximum absolute atomic E-state index is 10.9. The van der Waals surface area contributed by atoms with Crippen LogP contribution in [-0.4, -0.2) is 47.8 Å². The van der Waals surface area contributed by atoms with E-state index < -0.39 is 5.97 Å². The van der Waals surface area contributed by atoms with Gasteiger partial charge in [-0.15, -0.1) is 0 Å². The molecule has 1 N–H and O–H groups in total. The van der Waals surface area contributed by atoms with Gasteiger partial charge in [-0.3, -0.25) is 9.69 Å². The van der Waals surface area contributed by atoms with Crippen LogP contribution in [0, 0.1) is 0 Å². The Kier molecular flexibility index (Phi) is 5.92. The SMILES string of the molecule is CCC(C)N(CC(=O)O)C1CCC(OC)CC1. The molecule has 0 saturated heterocycles. The van der Waals surface area contributed by atoms with Crippen LogP contribution in [-0.2, 0) is 9.53 Å². The first-order valence-corrected chi connectivity index (χ1v) is 6.58. The Balaban J connectivity index is 2.55. The molecule has 0 bridgehead atoms. The number of carboxylic acid groups (broad SMARTS) is 1. The van der Waals surface area contributed by atoms with Crippen LogP contribution < -0.4 is 0 Å². The summed E-state index contributed by atoms with van der Waals surface area (Å²) in [5, 5.41) is 8.99. The van der Waals surface area contributed by atoms with Crippen LogP contribution in [0.1, 0.15) is 46.0 Å². The lowest BCUT2D eigenvalue weighted by Crippen LogP contribution is -2.46. The predicted octanol–water partition coefficient (Wildman–Crippen LogP) is 2.13. The third-order valence-electron chi connectivity index (χ3n) is 3.92. The van der Waals surface area contributed by atoms with Gasteiger partial charge in [0.1, 0.15) is 0 Å². The van der Waals surface area contributed by atoms with Crippen molar-refractivity contribution in [2.75, 3.05) is 13.7 Å². The molecule has 1 fully saturated rings. The number of rotatable bonds is 6. The molecule has 0 heterocycles. The normalized spacial score (nSPS) is 27.1. The summed E-state index contributed by atoms with van der Waals surface area (Å²) in [5.41, 5.74) is 0. The van der Waals surface area contributed by atoms with Gasteiger partial charge in [0.25, 0.3) is 0 Å². The number of carbonyl (C=O) groups is 1. The van der Waals surface area contributed by atoms with E-state index in [-0.39, 0.29) is 6.54 Å². The van der Waals surface area contributed by atoms with Gasteiger partial charge in [-0.1, -0.05) is 6.92 Å². The van der Waals surface area contributed by atoms with Gasteiger partial charge in [-0.05, 0) is 39.0 Å². The highest BCUT2D eigenvalue weighted by atomic mass is 16.5. The number of methoxy groups -OCH3 is 1. The van der Waals surface area contributed by atoms with Crippen molar-refractivity contribution >= 4 is 5.97 Å². The maximum Gasteiger partial charge on any atom is 0.317 e. The molecule has 4 nitrogen and oxygen atoms in total. The number of hydrogen-bond acceptors (Lipinski definition) is 3. The molecule has 0 aromatic carbocycles. The van der Waals surface area contributed by atoms with Crippen molar-refractivity contribution in [3.63, 3.8) is 0 Å². The van der Waals surface area contributed by atoms with E-state index in [4.69, 9.17) is 9.84 Å². The molecule has 1 aliphatic rings. The number of carboxylic acids is 1. The minimum Gasteiger partial charge on any atom is -0.480 e. The summed E-state index contributed by atoms with van der Waals surface area (Å²) in [4.78, 5) is 13.1. The highest BCUT2D eigenvalue weighted by molar-refractivity contribution is 5.69. The molecule has 17 heavy (non-hydrogen) atoms. The molecule has 4 heteroatoms. The predicted molar refractivity (Wildman–Crippen MR) is 67.1 cm³/mol. The molecular formula is C13H25NO3. The van der Waals surface area contributed by atoms with Crippen LogP contribution in [0.25, 0.3) is 0 Å². The second-order valence-corrected chi connectivity index (χ2v) is 4.99. The van der Waals surface area contributed by atoms with Gasteiger partial charge in [-0.2, -0.15) is 0 Å². The van der Waals surface area contributed by atoms with E-state index in [1.807, 2.05) is 0 Å². The lowest BCUT2D eigenvalue weighted by Gasteiger charge is -2.39. The number of hydrogen-bond donors (Lipinski definition) is 1. The smallest absolute Gasteiger partial charge is 0.317 e. The van der Waals surface area contributed by atoms with Crippen molar-refractivity contribution < 1.29 is 14.6 Å². The van der Waals surface area contributed by atoms with E-state index >= 15 is 0 Å². The van der Waals surface area contributed by atoms with Gasteiger partial charge in [0, 0.05) is 19.2 Å². The third-order valence-corrected chi connectivity index (χ3v) is 3.92. The van der Waals surface area contributed by atoms with Crippen molar-refractivity contribution in [1.29, 1.82) is 0 Å². The first-order valence-electron chi connectivity index (χ1n) is 6.58. The first kappa shape index (κ1) is 14.5. The number of aliphatic carboxylic acids is 1. The molecule has 1 atom stereocenters. The minimum atomic E-state index is -0.723. The van der Waals surface area contributed by atoms with Crippen LogP contribution >= 0.6 is 0 Å². The van der Waals surface area contributed by atoms with Gasteiger partial charge < -0.3 is 9.84 Å². The first-order chi connectivity index (χ1) is 8.08. The summed E-state index contributed by atoms with van der Waals surface area (Å²) in [7, 11) is 1.76. The highest BCUT2D eigenvalue weighted by Crippen LogP contribution is 2.26. The van der Waals surface area contributed by atoms with Crippen molar-refractivity contribution in [2.45, 2.75) is 64.1 Å². The fourth-order valence-corrected chi connectivity index (χ4v) is 2.65. The van der Waals surface area contributed by atoms with E-state index in [2.05, 4.69) is 18.7 Å². The molecule has 1 unspecified atom stereocenters. The molecule has 1 aliphatic carbocycles. The highest BCUT2D eigenvalue weighted by Gasteiger charge is 2.29. The monoisotopic (exact) mass is 243 g/mol. The average molecular weight is 243 g/mol. The molecule has 0 spiro atoms. The maximum atomic E-state index is 10.9. The van der Waals surface area contributed by atoms with Crippen molar-refractivity contribution in [3.05, 3.63) is 0 Å². The van der Waals surface area contributed by atoms with Gasteiger partial charge in [0.15, 0.2) is 0 Å². The summed E-state index contributed by atoms with van der Waals surface area (Å²) in [5.74, 6) is -0.723. The number of nitrogens with zero attached hydrogens (tertiary/aromatic N) is 1. The van der Waals surface area contributed by atoms with Crippen LogP contribution in [0.15, 0.2) is 0 Å². The Bertz CT molecular complexity index is 237. The molecule has 0 amide bonds. The van der Waals surface area contributed by atoms with Crippen LogP contribution in [0.5, 0.6) is 0 Å². The Morgan fingerprint density at radius 3 is 2.41 bits per heavy atom. The lowest BCUT2D eigenvalue weighted by atomic mass is 9.91. The molecule has 0 aromatic rings. The van der Waals surface area contributed by atoms with Crippen molar-refractivity contribution in [3.8, 4) is 0 Å². The zero-order chi connectivity index (χ0) is 12.8. The van der Waals surface area contributed by atoms with E-state index in [1.165, 1.54) is 0 Å². The molecule has 0 radical (unpaired) electrons. The summed E-state index contributed by atoms with van der Waals surface area (Å²) < 4.78 is 5.35. The van der Waals surface area contributed by atoms with Gasteiger partial charge in [-0.25, -0.2) is 0 Å². The Morgan fingerprint density at radius 1 is 1.41 bits per heavy atom. The van der Waals surface area contributed by atoms with Crippen LogP contribution in [0.4, 0.5) is 0 Å². The third kappa shape index (κ3) is 4.28. The van der Waals surface area contributed by atoms with E-state index in [9.17, 15) is 4.79 Å². The Labute approximate surface area is 104 Å². The van der Waals surface area contributed by atoms with Crippen LogP contribution in [0.2, 0.25) is 0 Å². The molecular weight excluding hydrogens is 218 g/mol. The van der Waals surface area contributed by atoms with E-state index in [1.54, 1.807) is 7.11 Å². The fraction of sp³-hybridized carbons (Fsp3) is 0.923. The average Bonchev–Trinajstić information content (AvgIpc) is 2.35. The quantitative estimate of drug-likeness (QED) is 0.776. The second-order valence-electron chi connectivity index (χ2n) is 4.99. The second kappa shape index (κ2) is 6.97. The summed E-state index contributed by atoms with van der Waals surface area (Å²) >= 11 is 0. The zero-order valence-corrected chi connectivity index (χ0v) is 11.2. The fourth-order valence-electron chi connectivity index (χ4n) is 2.65. The Morgan fingerprint density at radius 2 is 2.00 bits per heavy atom. The molecule has 0 aromatic heterocycles. The molecule has 0 aliphatic heterocycles. The molecule has 1 rings (SSSR count). The molecule has 1 saturated carbocycles. The standard InChI is InChI=1S/C13H25NO3/c1-4-10(2)14(9-13(15)16)11-5-7-12(17-3)8-6-11/h10-12H,4-9H2,1-3H3,(H,15,16). The molecule has 100 valence electrons. The van der Waals surface area contributed by atoms with Gasteiger partial charge in [0.05, 0.1) is 12.6 Å². The Hall–Kier alpha value is -0.610. The van der Waals surface area contributed by atoms with Crippen molar-refractivity contribution in [1.82, 2.24) is 4.90 Å². The minimum absolute atomic E-state index is 0.164. The lowest BCUT2D eigenvalue weighted by molar-refractivity contribution is -0.140. The zero-order valence-electron chi connectivity index (χ0n) is 11.2. The summed E-state index contributed by atoms with van der Waals surface area (Å²) in [6, 6.07) is 0.752. The van der Waals surface area contributed by atoms with E-state index in [0.717, 1.165) is 32.1 Å². The largest absolute Gasteiger partial charge is 0.480 e. The summed E-state index contributed by atoms with van der Waals surface area (Å²) in [6.07, 6.45) is 5.57. The van der Waals surface area contributed by atoms with Gasteiger partial charge in [0.2, 0.25) is 0 Å². The topological polar surface area (TPSA) is 49.8 Å². The number of ether oxygens (including phenoxy) is 1. The van der Waals surface area contributed by atoms with E-state index in [0.29, 0.717) is 18.2 Å². The summed E-state index contributed by atoms with van der Waals surface area (Å²) in [6.45, 7) is 4.39.